The minimum atomic E-state index is 0.761. The maximum atomic E-state index is 6.97. The maximum Gasteiger partial charge on any atom is 0.136 e. The van der Waals surface area contributed by atoms with E-state index in [1.165, 1.54) is 27.4 Å². The summed E-state index contributed by atoms with van der Waals surface area (Å²) in [5.41, 5.74) is 11.9. The van der Waals surface area contributed by atoms with E-state index in [-0.39, 0.29) is 0 Å². The molecule has 0 unspecified atom stereocenters. The topological polar surface area (TPSA) is 35.4 Å². The van der Waals surface area contributed by atoms with Crippen molar-refractivity contribution in [3.63, 3.8) is 0 Å². The van der Waals surface area contributed by atoms with Gasteiger partial charge < -0.3 is 19.4 Å². The van der Waals surface area contributed by atoms with Crippen LogP contribution in [0.5, 0.6) is 23.0 Å². The van der Waals surface area contributed by atoms with Crippen LogP contribution in [0.2, 0.25) is 0 Å². The van der Waals surface area contributed by atoms with Crippen molar-refractivity contribution in [2.45, 2.75) is 0 Å². The lowest BCUT2D eigenvalue weighted by Gasteiger charge is -2.22. The second-order valence-corrected chi connectivity index (χ2v) is 13.0. The minimum Gasteiger partial charge on any atom is -0.456 e. The minimum absolute atomic E-state index is 0.761. The highest BCUT2D eigenvalue weighted by Crippen LogP contribution is 2.48. The fourth-order valence-electron chi connectivity index (χ4n) is 7.50. The van der Waals surface area contributed by atoms with Crippen LogP contribution in [0.15, 0.2) is 176 Å². The highest BCUT2D eigenvalue weighted by atomic mass is 16.5. The Kier molecular flexibility index (Phi) is 6.85. The summed E-state index contributed by atoms with van der Waals surface area (Å²) in [5.74, 6) is 3.11. The van der Waals surface area contributed by atoms with Crippen LogP contribution in [0.3, 0.4) is 0 Å². The number of nitrogens with one attached hydrogen (secondary N) is 1. The standard InChI is InChI=1S/C47H32N2O2/c1-2-12-35(13-3-1)49-42-17-7-4-14-36(42)41-27-31(22-25-43(41)49)32-20-23-39-40-24-21-33(34-11-10-26-48-30-34)29-47(40)51-45-19-9-6-16-38(45)37-15-5-8-18-44(37)50-46(39)28-32/h1-29,48H,30H2. The van der Waals surface area contributed by atoms with Gasteiger partial charge >= 0.3 is 0 Å². The van der Waals surface area contributed by atoms with Gasteiger partial charge in [-0.2, -0.15) is 0 Å². The molecule has 0 atom stereocenters. The van der Waals surface area contributed by atoms with Gasteiger partial charge in [-0.15, -0.1) is 0 Å². The molecule has 0 saturated carbocycles. The summed E-state index contributed by atoms with van der Waals surface area (Å²) in [7, 11) is 0. The molecule has 0 bridgehead atoms. The number of fused-ring (bicyclic) bond motifs is 9. The number of rotatable bonds is 3. The van der Waals surface area contributed by atoms with E-state index in [1.54, 1.807) is 0 Å². The van der Waals surface area contributed by atoms with Gasteiger partial charge in [-0.25, -0.2) is 0 Å². The molecule has 1 aromatic heterocycles. The summed E-state index contributed by atoms with van der Waals surface area (Å²) < 4.78 is 16.2. The SMILES string of the molecule is C1=CNCC(c2ccc3c(c2)Oc2ccccc2-c2ccccc2Oc2cc(-c4ccc5c(c4)c4ccccc4n5-c4ccccc4)ccc2-3)=C1. The van der Waals surface area contributed by atoms with Gasteiger partial charge in [-0.3, -0.25) is 0 Å². The van der Waals surface area contributed by atoms with Crippen molar-refractivity contribution < 1.29 is 9.47 Å². The van der Waals surface area contributed by atoms with Crippen LogP contribution in [-0.4, -0.2) is 11.1 Å². The van der Waals surface area contributed by atoms with Crippen LogP contribution in [0, 0.1) is 0 Å². The number of hydrogen-bond donors (Lipinski definition) is 1. The lowest BCUT2D eigenvalue weighted by Crippen LogP contribution is -2.11. The van der Waals surface area contributed by atoms with E-state index in [2.05, 4.69) is 137 Å². The molecule has 8 aromatic rings. The van der Waals surface area contributed by atoms with E-state index >= 15 is 0 Å². The first-order valence-electron chi connectivity index (χ1n) is 17.3. The van der Waals surface area contributed by atoms with Crippen molar-refractivity contribution >= 4 is 27.4 Å². The molecular formula is C47H32N2O2. The van der Waals surface area contributed by atoms with Gasteiger partial charge in [0, 0.05) is 45.3 Å². The average Bonchev–Trinajstić information content (AvgIpc) is 3.53. The van der Waals surface area contributed by atoms with Gasteiger partial charge in [0.2, 0.25) is 0 Å². The molecule has 51 heavy (non-hydrogen) atoms. The number of hydrogen-bond acceptors (Lipinski definition) is 3. The number of nitrogens with zero attached hydrogens (tertiary/aromatic N) is 1. The zero-order valence-corrected chi connectivity index (χ0v) is 27.7. The van der Waals surface area contributed by atoms with Crippen LogP contribution in [0.25, 0.3) is 66.4 Å². The van der Waals surface area contributed by atoms with Gasteiger partial charge in [0.05, 0.1) is 11.0 Å². The first-order chi connectivity index (χ1) is 25.3. The Labute approximate surface area is 296 Å². The number of aromatic nitrogens is 1. The number of benzene rings is 7. The third-order valence-corrected chi connectivity index (χ3v) is 9.95. The molecule has 0 spiro atoms. The Hall–Kier alpha value is -6.78. The summed E-state index contributed by atoms with van der Waals surface area (Å²) in [6.07, 6.45) is 6.17. The average molecular weight is 657 g/mol. The molecule has 4 nitrogen and oxygen atoms in total. The number of ether oxygens (including phenoxy) is 2. The predicted octanol–water partition coefficient (Wildman–Crippen LogP) is 12.2. The van der Waals surface area contributed by atoms with Crippen molar-refractivity contribution in [1.82, 2.24) is 9.88 Å². The van der Waals surface area contributed by atoms with Gasteiger partial charge in [-0.05, 0) is 101 Å². The predicted molar refractivity (Wildman–Crippen MR) is 209 cm³/mol. The summed E-state index contributed by atoms with van der Waals surface area (Å²) in [5, 5.41) is 5.77. The molecule has 242 valence electrons. The van der Waals surface area contributed by atoms with E-state index in [0.717, 1.165) is 74.2 Å². The van der Waals surface area contributed by atoms with Crippen molar-refractivity contribution in [1.29, 1.82) is 0 Å². The second-order valence-electron chi connectivity index (χ2n) is 13.0. The molecule has 0 fully saturated rings. The van der Waals surface area contributed by atoms with E-state index < -0.39 is 0 Å². The highest BCUT2D eigenvalue weighted by molar-refractivity contribution is 6.10. The fourth-order valence-corrected chi connectivity index (χ4v) is 7.50. The number of para-hydroxylation sites is 4. The molecule has 10 rings (SSSR count). The Bertz CT molecular complexity index is 2700. The third-order valence-electron chi connectivity index (χ3n) is 9.95. The lowest BCUT2D eigenvalue weighted by atomic mass is 9.94. The van der Waals surface area contributed by atoms with Crippen LogP contribution in [-0.2, 0) is 0 Å². The summed E-state index contributed by atoms with van der Waals surface area (Å²) in [6.45, 7) is 0.761. The molecule has 0 saturated heterocycles. The van der Waals surface area contributed by atoms with Gasteiger partial charge in [0.25, 0.3) is 0 Å². The first kappa shape index (κ1) is 29.2. The van der Waals surface area contributed by atoms with Crippen LogP contribution in [0.4, 0.5) is 0 Å². The number of allylic oxidation sites excluding steroid dienone is 2. The summed E-state index contributed by atoms with van der Waals surface area (Å²) >= 11 is 0. The van der Waals surface area contributed by atoms with Gasteiger partial charge in [0.15, 0.2) is 0 Å². The monoisotopic (exact) mass is 656 g/mol. The molecule has 0 radical (unpaired) electrons. The van der Waals surface area contributed by atoms with Crippen LogP contribution in [0.1, 0.15) is 5.56 Å². The van der Waals surface area contributed by atoms with Crippen molar-refractivity contribution in [2.24, 2.45) is 0 Å². The Morgan fingerprint density at radius 3 is 1.75 bits per heavy atom. The molecule has 0 amide bonds. The maximum absolute atomic E-state index is 6.97. The van der Waals surface area contributed by atoms with E-state index in [0.29, 0.717) is 0 Å². The highest BCUT2D eigenvalue weighted by Gasteiger charge is 2.22. The molecule has 0 aliphatic carbocycles. The largest absolute Gasteiger partial charge is 0.456 e. The smallest absolute Gasteiger partial charge is 0.136 e. The Morgan fingerprint density at radius 1 is 0.451 bits per heavy atom. The zero-order chi connectivity index (χ0) is 33.7. The third kappa shape index (κ3) is 5.00. The fraction of sp³-hybridized carbons (Fsp3) is 0.0213. The van der Waals surface area contributed by atoms with Crippen molar-refractivity contribution in [3.05, 3.63) is 182 Å². The molecule has 7 aromatic carbocycles. The molecule has 1 N–H and O–H groups in total. The molecular weight excluding hydrogens is 625 g/mol. The van der Waals surface area contributed by atoms with Crippen molar-refractivity contribution in [2.75, 3.05) is 6.54 Å². The number of dihydropyridines is 1. The van der Waals surface area contributed by atoms with Crippen molar-refractivity contribution in [3.8, 4) is 62.1 Å². The van der Waals surface area contributed by atoms with E-state index in [9.17, 15) is 0 Å². The zero-order valence-electron chi connectivity index (χ0n) is 27.7. The summed E-state index contributed by atoms with van der Waals surface area (Å²) in [6, 6.07) is 55.4. The van der Waals surface area contributed by atoms with Gasteiger partial charge in [-0.1, -0.05) is 97.1 Å². The first-order valence-corrected chi connectivity index (χ1v) is 17.3. The van der Waals surface area contributed by atoms with Crippen LogP contribution >= 0.6 is 0 Å². The van der Waals surface area contributed by atoms with E-state index in [4.69, 9.17) is 9.47 Å². The Morgan fingerprint density at radius 2 is 1.02 bits per heavy atom. The van der Waals surface area contributed by atoms with Gasteiger partial charge in [0.1, 0.15) is 23.0 Å². The normalized spacial score (nSPS) is 13.1. The quantitative estimate of drug-likeness (QED) is 0.206. The van der Waals surface area contributed by atoms with E-state index in [1.807, 2.05) is 48.7 Å². The van der Waals surface area contributed by atoms with Crippen LogP contribution < -0.4 is 14.8 Å². The molecule has 3 heterocycles. The Balaban J connectivity index is 1.16. The second kappa shape index (κ2) is 12.0. The molecule has 2 aliphatic heterocycles. The summed E-state index contributed by atoms with van der Waals surface area (Å²) in [4.78, 5) is 0. The lowest BCUT2D eigenvalue weighted by molar-refractivity contribution is 0.472. The molecule has 4 heteroatoms. The molecule has 2 aliphatic rings.